The first-order chi connectivity index (χ1) is 9.79. The minimum absolute atomic E-state index is 0.316. The van der Waals surface area contributed by atoms with Gasteiger partial charge in [0.05, 0.1) is 6.61 Å². The quantitative estimate of drug-likeness (QED) is 0.797. The van der Waals surface area contributed by atoms with E-state index in [0.29, 0.717) is 24.9 Å². The van der Waals surface area contributed by atoms with Crippen LogP contribution in [0.5, 0.6) is 0 Å². The zero-order valence-electron chi connectivity index (χ0n) is 12.4. The highest BCUT2D eigenvalue weighted by atomic mass is 16.5. The molecule has 110 valence electrons. The lowest BCUT2D eigenvalue weighted by molar-refractivity contribution is -0.132. The molecule has 1 aliphatic heterocycles. The molecule has 0 unspecified atom stereocenters. The van der Waals surface area contributed by atoms with Crippen molar-refractivity contribution in [2.45, 2.75) is 39.2 Å². The number of benzene rings is 1. The summed E-state index contributed by atoms with van der Waals surface area (Å²) in [5.41, 5.74) is 1.23. The molecule has 1 heterocycles. The van der Waals surface area contributed by atoms with Gasteiger partial charge in [0.25, 0.3) is 0 Å². The predicted octanol–water partition coefficient (Wildman–Crippen LogP) is 3.24. The second-order valence-electron chi connectivity index (χ2n) is 5.57. The maximum absolute atomic E-state index is 11.8. The summed E-state index contributed by atoms with van der Waals surface area (Å²) in [4.78, 5) is 13.8. The maximum atomic E-state index is 11.8. The summed E-state index contributed by atoms with van der Waals surface area (Å²) in [6, 6.07) is 10.3. The molecule has 2 rings (SSSR count). The van der Waals surface area contributed by atoms with Gasteiger partial charge in [-0.15, -0.1) is 0 Å². The average molecular weight is 275 g/mol. The van der Waals surface area contributed by atoms with E-state index in [2.05, 4.69) is 19.1 Å². The van der Waals surface area contributed by atoms with E-state index in [9.17, 15) is 4.79 Å². The molecule has 0 N–H and O–H groups in total. The van der Waals surface area contributed by atoms with E-state index in [1.54, 1.807) is 0 Å². The summed E-state index contributed by atoms with van der Waals surface area (Å²) in [6.45, 7) is 5.36. The Morgan fingerprint density at radius 3 is 2.60 bits per heavy atom. The Kier molecular flexibility index (Phi) is 6.06. The summed E-state index contributed by atoms with van der Waals surface area (Å²) in [5, 5.41) is 0. The molecule has 0 aromatic heterocycles. The van der Waals surface area contributed by atoms with Crippen LogP contribution in [-0.4, -0.2) is 30.5 Å². The minimum atomic E-state index is 0.316. The molecule has 20 heavy (non-hydrogen) atoms. The molecule has 1 aromatic rings. The predicted molar refractivity (Wildman–Crippen MR) is 80.3 cm³/mol. The van der Waals surface area contributed by atoms with E-state index in [0.717, 1.165) is 39.0 Å². The highest BCUT2D eigenvalue weighted by Gasteiger charge is 2.22. The number of carbonyl (C=O) groups excluding carboxylic acids is 1. The SMILES string of the molecule is CCCC(=O)N1CCC(COCc2ccccc2)CC1. The van der Waals surface area contributed by atoms with Gasteiger partial charge in [-0.05, 0) is 30.7 Å². The van der Waals surface area contributed by atoms with E-state index in [1.807, 2.05) is 23.1 Å². The second kappa shape index (κ2) is 8.05. The van der Waals surface area contributed by atoms with Crippen molar-refractivity contribution in [2.75, 3.05) is 19.7 Å². The summed E-state index contributed by atoms with van der Waals surface area (Å²) in [6.07, 6.45) is 3.78. The zero-order chi connectivity index (χ0) is 14.2. The smallest absolute Gasteiger partial charge is 0.222 e. The number of piperidine rings is 1. The second-order valence-corrected chi connectivity index (χ2v) is 5.57. The van der Waals surface area contributed by atoms with Gasteiger partial charge in [0.2, 0.25) is 5.91 Å². The molecule has 3 nitrogen and oxygen atoms in total. The Labute approximate surface area is 121 Å². The van der Waals surface area contributed by atoms with Crippen LogP contribution in [0.1, 0.15) is 38.2 Å². The van der Waals surface area contributed by atoms with Crippen molar-refractivity contribution in [1.29, 1.82) is 0 Å². The summed E-state index contributed by atoms with van der Waals surface area (Å²) in [5.74, 6) is 0.917. The first-order valence-electron chi connectivity index (χ1n) is 7.69. The fourth-order valence-electron chi connectivity index (χ4n) is 2.64. The lowest BCUT2D eigenvalue weighted by Gasteiger charge is -2.32. The van der Waals surface area contributed by atoms with Gasteiger partial charge in [0.1, 0.15) is 0 Å². The van der Waals surface area contributed by atoms with Crippen LogP contribution in [-0.2, 0) is 16.1 Å². The Morgan fingerprint density at radius 2 is 1.95 bits per heavy atom. The molecular formula is C17H25NO2. The molecule has 1 saturated heterocycles. The van der Waals surface area contributed by atoms with Crippen LogP contribution in [0.3, 0.4) is 0 Å². The van der Waals surface area contributed by atoms with Crippen LogP contribution < -0.4 is 0 Å². The van der Waals surface area contributed by atoms with Gasteiger partial charge in [-0.3, -0.25) is 4.79 Å². The number of hydrogen-bond donors (Lipinski definition) is 0. The highest BCUT2D eigenvalue weighted by Crippen LogP contribution is 2.19. The maximum Gasteiger partial charge on any atom is 0.222 e. The van der Waals surface area contributed by atoms with Gasteiger partial charge in [-0.1, -0.05) is 37.3 Å². The molecule has 3 heteroatoms. The molecule has 1 fully saturated rings. The van der Waals surface area contributed by atoms with Crippen molar-refractivity contribution in [3.05, 3.63) is 35.9 Å². The molecular weight excluding hydrogens is 250 g/mol. The molecule has 0 atom stereocenters. The number of likely N-dealkylation sites (tertiary alicyclic amines) is 1. The van der Waals surface area contributed by atoms with E-state index >= 15 is 0 Å². The monoisotopic (exact) mass is 275 g/mol. The lowest BCUT2D eigenvalue weighted by atomic mass is 9.97. The normalized spacial score (nSPS) is 16.4. The van der Waals surface area contributed by atoms with Gasteiger partial charge in [0.15, 0.2) is 0 Å². The third-order valence-electron chi connectivity index (χ3n) is 3.90. The van der Waals surface area contributed by atoms with Crippen LogP contribution in [0, 0.1) is 5.92 Å². The number of nitrogens with zero attached hydrogens (tertiary/aromatic N) is 1. The van der Waals surface area contributed by atoms with E-state index in [4.69, 9.17) is 4.74 Å². The van der Waals surface area contributed by atoms with Gasteiger partial charge < -0.3 is 9.64 Å². The van der Waals surface area contributed by atoms with Crippen molar-refractivity contribution in [1.82, 2.24) is 4.90 Å². The summed E-state index contributed by atoms with van der Waals surface area (Å²) >= 11 is 0. The van der Waals surface area contributed by atoms with Crippen molar-refractivity contribution >= 4 is 5.91 Å². The average Bonchev–Trinajstić information content (AvgIpc) is 2.49. The third kappa shape index (κ3) is 4.64. The molecule has 0 spiro atoms. The highest BCUT2D eigenvalue weighted by molar-refractivity contribution is 5.76. The van der Waals surface area contributed by atoms with E-state index in [-0.39, 0.29) is 0 Å². The number of hydrogen-bond acceptors (Lipinski definition) is 2. The summed E-state index contributed by atoms with van der Waals surface area (Å²) < 4.78 is 5.80. The largest absolute Gasteiger partial charge is 0.376 e. The molecule has 0 aliphatic carbocycles. The van der Waals surface area contributed by atoms with Crippen LogP contribution in [0.25, 0.3) is 0 Å². The van der Waals surface area contributed by atoms with Crippen LogP contribution in [0.2, 0.25) is 0 Å². The molecule has 0 radical (unpaired) electrons. The van der Waals surface area contributed by atoms with Crippen LogP contribution in [0.4, 0.5) is 0 Å². The molecule has 1 aromatic carbocycles. The number of amides is 1. The molecule has 1 aliphatic rings. The standard InChI is InChI=1S/C17H25NO2/c1-2-6-17(19)18-11-9-16(10-12-18)14-20-13-15-7-4-3-5-8-15/h3-5,7-8,16H,2,6,9-14H2,1H3. The zero-order valence-corrected chi connectivity index (χ0v) is 12.4. The van der Waals surface area contributed by atoms with Gasteiger partial charge in [-0.2, -0.15) is 0 Å². The van der Waals surface area contributed by atoms with Gasteiger partial charge in [-0.25, -0.2) is 0 Å². The Morgan fingerprint density at radius 1 is 1.25 bits per heavy atom. The van der Waals surface area contributed by atoms with Crippen molar-refractivity contribution < 1.29 is 9.53 Å². The van der Waals surface area contributed by atoms with Crippen molar-refractivity contribution in [3.8, 4) is 0 Å². The first-order valence-corrected chi connectivity index (χ1v) is 7.69. The third-order valence-corrected chi connectivity index (χ3v) is 3.90. The van der Waals surface area contributed by atoms with Crippen molar-refractivity contribution in [2.24, 2.45) is 5.92 Å². The Bertz CT molecular complexity index is 397. The molecule has 0 saturated carbocycles. The number of carbonyl (C=O) groups is 1. The first kappa shape index (κ1) is 15.0. The minimum Gasteiger partial charge on any atom is -0.376 e. The van der Waals surface area contributed by atoms with Gasteiger partial charge >= 0.3 is 0 Å². The lowest BCUT2D eigenvalue weighted by Crippen LogP contribution is -2.39. The van der Waals surface area contributed by atoms with Gasteiger partial charge in [0, 0.05) is 26.1 Å². The van der Waals surface area contributed by atoms with Crippen LogP contribution >= 0.6 is 0 Å². The van der Waals surface area contributed by atoms with Crippen LogP contribution in [0.15, 0.2) is 30.3 Å². The fourth-order valence-corrected chi connectivity index (χ4v) is 2.64. The molecule has 1 amide bonds. The molecule has 0 bridgehead atoms. The Balaban J connectivity index is 1.63. The fraction of sp³-hybridized carbons (Fsp3) is 0.588. The number of ether oxygens (including phenoxy) is 1. The summed E-state index contributed by atoms with van der Waals surface area (Å²) in [7, 11) is 0. The topological polar surface area (TPSA) is 29.5 Å². The van der Waals surface area contributed by atoms with Crippen molar-refractivity contribution in [3.63, 3.8) is 0 Å². The van der Waals surface area contributed by atoms with E-state index in [1.165, 1.54) is 5.56 Å². The number of rotatable bonds is 6. The van der Waals surface area contributed by atoms with E-state index < -0.39 is 0 Å². The Hall–Kier alpha value is -1.35.